The van der Waals surface area contributed by atoms with Gasteiger partial charge in [-0.05, 0) is 30.2 Å². The normalized spacial score (nSPS) is 13.8. The van der Waals surface area contributed by atoms with Crippen LogP contribution in [0.5, 0.6) is 17.2 Å². The highest BCUT2D eigenvalue weighted by molar-refractivity contribution is 5.96. The number of ether oxygens (including phenoxy) is 3. The second kappa shape index (κ2) is 7.46. The SMILES string of the molecule is COc1cc(C(=O)N2CCc3[nH]c4ccccc4c3CC2)cc(OC)c1OC. The molecule has 0 saturated carbocycles. The zero-order valence-electron chi connectivity index (χ0n) is 16.4. The summed E-state index contributed by atoms with van der Waals surface area (Å²) in [6.45, 7) is 1.33. The number of para-hydroxylation sites is 1. The van der Waals surface area contributed by atoms with Crippen molar-refractivity contribution in [2.75, 3.05) is 34.4 Å². The van der Waals surface area contributed by atoms with E-state index in [1.165, 1.54) is 16.6 Å². The Kier molecular flexibility index (Phi) is 4.86. The van der Waals surface area contributed by atoms with Crippen molar-refractivity contribution in [1.82, 2.24) is 9.88 Å². The predicted octanol–water partition coefficient (Wildman–Crippen LogP) is 3.43. The number of fused-ring (bicyclic) bond motifs is 3. The molecule has 0 atom stereocenters. The molecule has 1 aromatic heterocycles. The third kappa shape index (κ3) is 3.05. The average Bonchev–Trinajstić information content (AvgIpc) is 2.96. The molecule has 1 N–H and O–H groups in total. The maximum absolute atomic E-state index is 13.2. The number of carbonyl (C=O) groups is 1. The first kappa shape index (κ1) is 18.2. The van der Waals surface area contributed by atoms with Crippen molar-refractivity contribution in [3.8, 4) is 17.2 Å². The molecule has 146 valence electrons. The standard InChI is InChI=1S/C22H24N2O4/c1-26-19-12-14(13-20(27-2)21(19)28-3)22(25)24-10-8-16-15-6-4-5-7-17(15)23-18(16)9-11-24/h4-7,12-13,23H,8-11H2,1-3H3. The van der Waals surface area contributed by atoms with E-state index in [4.69, 9.17) is 14.2 Å². The Morgan fingerprint density at radius 1 is 0.964 bits per heavy atom. The van der Waals surface area contributed by atoms with Crippen LogP contribution in [0, 0.1) is 0 Å². The maximum Gasteiger partial charge on any atom is 0.254 e. The minimum absolute atomic E-state index is 0.0336. The zero-order chi connectivity index (χ0) is 19.7. The molecule has 4 rings (SSSR count). The second-order valence-corrected chi connectivity index (χ2v) is 6.83. The van der Waals surface area contributed by atoms with Gasteiger partial charge in [-0.25, -0.2) is 0 Å². The Balaban J connectivity index is 1.61. The number of amides is 1. The molecule has 6 nitrogen and oxygen atoms in total. The van der Waals surface area contributed by atoms with E-state index in [2.05, 4.69) is 23.2 Å². The molecule has 3 aromatic rings. The number of nitrogens with one attached hydrogen (secondary N) is 1. The number of rotatable bonds is 4. The molecule has 6 heteroatoms. The van der Waals surface area contributed by atoms with Gasteiger partial charge in [0.05, 0.1) is 21.3 Å². The van der Waals surface area contributed by atoms with E-state index in [0.717, 1.165) is 18.4 Å². The fourth-order valence-electron chi connectivity index (χ4n) is 3.95. The van der Waals surface area contributed by atoms with E-state index < -0.39 is 0 Å². The maximum atomic E-state index is 13.2. The molecule has 1 aliphatic rings. The van der Waals surface area contributed by atoms with Crippen LogP contribution in [-0.2, 0) is 12.8 Å². The molecule has 0 fully saturated rings. The minimum Gasteiger partial charge on any atom is -0.493 e. The molecule has 1 amide bonds. The number of nitrogens with zero attached hydrogens (tertiary/aromatic N) is 1. The van der Waals surface area contributed by atoms with Gasteiger partial charge in [-0.2, -0.15) is 0 Å². The van der Waals surface area contributed by atoms with E-state index >= 15 is 0 Å². The molecule has 2 heterocycles. The van der Waals surface area contributed by atoms with Gasteiger partial charge in [-0.3, -0.25) is 4.79 Å². The highest BCUT2D eigenvalue weighted by atomic mass is 16.5. The summed E-state index contributed by atoms with van der Waals surface area (Å²) in [5.74, 6) is 1.42. The molecule has 28 heavy (non-hydrogen) atoms. The first-order valence-corrected chi connectivity index (χ1v) is 9.34. The smallest absolute Gasteiger partial charge is 0.254 e. The Morgan fingerprint density at radius 2 is 1.64 bits per heavy atom. The Bertz CT molecular complexity index is 1000. The molecular weight excluding hydrogens is 356 g/mol. The lowest BCUT2D eigenvalue weighted by Crippen LogP contribution is -2.33. The summed E-state index contributed by atoms with van der Waals surface area (Å²) in [6, 6.07) is 11.8. The summed E-state index contributed by atoms with van der Waals surface area (Å²) >= 11 is 0. The van der Waals surface area contributed by atoms with Gasteiger partial charge in [0.15, 0.2) is 11.5 Å². The zero-order valence-corrected chi connectivity index (χ0v) is 16.4. The highest BCUT2D eigenvalue weighted by Gasteiger charge is 2.24. The lowest BCUT2D eigenvalue weighted by atomic mass is 10.1. The van der Waals surface area contributed by atoms with Gasteiger partial charge in [0, 0.05) is 41.7 Å². The monoisotopic (exact) mass is 380 g/mol. The van der Waals surface area contributed by atoms with E-state index in [-0.39, 0.29) is 5.91 Å². The summed E-state index contributed by atoms with van der Waals surface area (Å²) in [6.07, 6.45) is 1.63. The van der Waals surface area contributed by atoms with E-state index in [0.29, 0.717) is 35.9 Å². The van der Waals surface area contributed by atoms with Crippen molar-refractivity contribution in [3.63, 3.8) is 0 Å². The molecule has 1 aliphatic heterocycles. The van der Waals surface area contributed by atoms with E-state index in [1.54, 1.807) is 33.5 Å². The third-order valence-electron chi connectivity index (χ3n) is 5.36. The van der Waals surface area contributed by atoms with E-state index in [1.807, 2.05) is 11.0 Å². The van der Waals surface area contributed by atoms with Gasteiger partial charge in [0.25, 0.3) is 5.91 Å². The van der Waals surface area contributed by atoms with Crippen LogP contribution in [0.2, 0.25) is 0 Å². The van der Waals surface area contributed by atoms with Crippen molar-refractivity contribution in [1.29, 1.82) is 0 Å². The molecule has 0 radical (unpaired) electrons. The van der Waals surface area contributed by atoms with E-state index in [9.17, 15) is 4.79 Å². The Hall–Kier alpha value is -3.15. The summed E-state index contributed by atoms with van der Waals surface area (Å²) in [5.41, 5.74) is 4.24. The van der Waals surface area contributed by atoms with Gasteiger partial charge < -0.3 is 24.1 Å². The van der Waals surface area contributed by atoms with Crippen LogP contribution in [-0.4, -0.2) is 50.2 Å². The third-order valence-corrected chi connectivity index (χ3v) is 5.36. The lowest BCUT2D eigenvalue weighted by Gasteiger charge is -2.22. The number of H-pyrrole nitrogens is 1. The van der Waals surface area contributed by atoms with Crippen molar-refractivity contribution in [3.05, 3.63) is 53.2 Å². The number of hydrogen-bond donors (Lipinski definition) is 1. The molecular formula is C22H24N2O4. The number of methoxy groups -OCH3 is 3. The number of aromatic nitrogens is 1. The summed E-state index contributed by atoms with van der Waals surface area (Å²) in [4.78, 5) is 18.6. The molecule has 2 aromatic carbocycles. The first-order chi connectivity index (χ1) is 13.7. The van der Waals surface area contributed by atoms with Gasteiger partial charge in [-0.1, -0.05) is 18.2 Å². The van der Waals surface area contributed by atoms with Crippen molar-refractivity contribution < 1.29 is 19.0 Å². The van der Waals surface area contributed by atoms with Crippen molar-refractivity contribution >= 4 is 16.8 Å². The lowest BCUT2D eigenvalue weighted by molar-refractivity contribution is 0.0762. The van der Waals surface area contributed by atoms with Crippen molar-refractivity contribution in [2.24, 2.45) is 0 Å². The molecule has 0 bridgehead atoms. The van der Waals surface area contributed by atoms with Crippen LogP contribution >= 0.6 is 0 Å². The molecule has 0 spiro atoms. The summed E-state index contributed by atoms with van der Waals surface area (Å²) < 4.78 is 16.1. The second-order valence-electron chi connectivity index (χ2n) is 6.83. The van der Waals surface area contributed by atoms with Crippen LogP contribution in [0.4, 0.5) is 0 Å². The number of hydrogen-bond acceptors (Lipinski definition) is 4. The van der Waals surface area contributed by atoms with Gasteiger partial charge in [0.2, 0.25) is 5.75 Å². The van der Waals surface area contributed by atoms with Gasteiger partial charge >= 0.3 is 0 Å². The fourth-order valence-corrected chi connectivity index (χ4v) is 3.95. The average molecular weight is 380 g/mol. The number of carbonyl (C=O) groups excluding carboxylic acids is 1. The van der Waals surface area contributed by atoms with Crippen molar-refractivity contribution in [2.45, 2.75) is 12.8 Å². The van der Waals surface area contributed by atoms with Gasteiger partial charge in [-0.15, -0.1) is 0 Å². The Morgan fingerprint density at radius 3 is 2.32 bits per heavy atom. The topological polar surface area (TPSA) is 63.8 Å². The van der Waals surface area contributed by atoms with Crippen LogP contribution in [0.15, 0.2) is 36.4 Å². The van der Waals surface area contributed by atoms with Crippen LogP contribution in [0.1, 0.15) is 21.6 Å². The van der Waals surface area contributed by atoms with Crippen LogP contribution < -0.4 is 14.2 Å². The number of benzene rings is 2. The molecule has 0 aliphatic carbocycles. The molecule has 0 unspecified atom stereocenters. The van der Waals surface area contributed by atoms with Gasteiger partial charge in [0.1, 0.15) is 0 Å². The highest BCUT2D eigenvalue weighted by Crippen LogP contribution is 2.38. The molecule has 0 saturated heterocycles. The quantitative estimate of drug-likeness (QED) is 0.753. The largest absolute Gasteiger partial charge is 0.493 e. The summed E-state index contributed by atoms with van der Waals surface area (Å²) in [5, 5.41) is 1.25. The van der Waals surface area contributed by atoms with Crippen LogP contribution in [0.25, 0.3) is 10.9 Å². The first-order valence-electron chi connectivity index (χ1n) is 9.34. The Labute approximate surface area is 164 Å². The van der Waals surface area contributed by atoms with Crippen LogP contribution in [0.3, 0.4) is 0 Å². The fraction of sp³-hybridized carbons (Fsp3) is 0.318. The summed E-state index contributed by atoms with van der Waals surface area (Å²) in [7, 11) is 4.65. The minimum atomic E-state index is -0.0336. The number of aromatic amines is 1. The predicted molar refractivity (Wildman–Crippen MR) is 108 cm³/mol.